The van der Waals surface area contributed by atoms with Gasteiger partial charge in [-0.1, -0.05) is 24.6 Å². The highest BCUT2D eigenvalue weighted by Gasteiger charge is 2.52. The van der Waals surface area contributed by atoms with Crippen LogP contribution in [0, 0.1) is 17.3 Å². The number of phenolic OH excluding ortho intramolecular Hbond substituents is 1. The SMILES string of the molecule is C[C@]12CC[C@@H]3c4ccc(O)cc4CC[C@H]3[C@@H]1CCC2=CCNCCO. The molecule has 0 saturated heterocycles. The third kappa shape index (κ3) is 2.92. The molecule has 2 fully saturated rings. The van der Waals surface area contributed by atoms with Crippen LogP contribution < -0.4 is 5.32 Å². The fraction of sp³-hybridized carbons (Fsp3) is 0.636. The number of aliphatic hydroxyl groups is 1. The third-order valence-electron chi connectivity index (χ3n) is 7.34. The lowest BCUT2D eigenvalue weighted by atomic mass is 9.55. The molecule has 0 heterocycles. The Hall–Kier alpha value is -1.32. The second-order valence-corrected chi connectivity index (χ2v) is 8.45. The summed E-state index contributed by atoms with van der Waals surface area (Å²) in [6.45, 7) is 4.28. The number of allylic oxidation sites excluding steroid dienone is 1. The predicted octanol–water partition coefficient (Wildman–Crippen LogP) is 3.76. The molecule has 3 aliphatic rings. The molecule has 0 unspecified atom stereocenters. The molecule has 3 N–H and O–H groups in total. The first-order valence-corrected chi connectivity index (χ1v) is 9.96. The van der Waals surface area contributed by atoms with E-state index in [1.807, 2.05) is 12.1 Å². The van der Waals surface area contributed by atoms with E-state index < -0.39 is 0 Å². The molecule has 0 amide bonds. The lowest BCUT2D eigenvalue weighted by Gasteiger charge is -2.49. The zero-order chi connectivity index (χ0) is 17.4. The van der Waals surface area contributed by atoms with Crippen LogP contribution >= 0.6 is 0 Å². The van der Waals surface area contributed by atoms with Crippen LogP contribution in [0.4, 0.5) is 0 Å². The molecular weight excluding hydrogens is 310 g/mol. The van der Waals surface area contributed by atoms with Crippen molar-refractivity contribution in [1.82, 2.24) is 5.32 Å². The highest BCUT2D eigenvalue weighted by atomic mass is 16.3. The van der Waals surface area contributed by atoms with Crippen molar-refractivity contribution >= 4 is 0 Å². The number of aliphatic hydroxyl groups excluding tert-OH is 1. The van der Waals surface area contributed by atoms with E-state index in [0.29, 0.717) is 23.6 Å². The van der Waals surface area contributed by atoms with E-state index in [-0.39, 0.29) is 6.61 Å². The third-order valence-corrected chi connectivity index (χ3v) is 7.34. The summed E-state index contributed by atoms with van der Waals surface area (Å²) in [5, 5.41) is 22.0. The summed E-state index contributed by atoms with van der Waals surface area (Å²) in [5.41, 5.74) is 4.92. The number of benzene rings is 1. The zero-order valence-electron chi connectivity index (χ0n) is 15.3. The summed E-state index contributed by atoms with van der Waals surface area (Å²) in [5.74, 6) is 2.71. The molecule has 136 valence electrons. The molecule has 2 saturated carbocycles. The van der Waals surface area contributed by atoms with Gasteiger partial charge in [0.15, 0.2) is 0 Å². The van der Waals surface area contributed by atoms with Gasteiger partial charge >= 0.3 is 0 Å². The smallest absolute Gasteiger partial charge is 0.115 e. The highest BCUT2D eigenvalue weighted by molar-refractivity contribution is 5.40. The second kappa shape index (κ2) is 6.77. The molecular formula is C22H31NO2. The number of rotatable bonds is 4. The fourth-order valence-electron chi connectivity index (χ4n) is 6.13. The predicted molar refractivity (Wildman–Crippen MR) is 101 cm³/mol. The van der Waals surface area contributed by atoms with Crippen LogP contribution in [-0.4, -0.2) is 29.9 Å². The number of aromatic hydroxyl groups is 1. The first-order chi connectivity index (χ1) is 12.1. The Morgan fingerprint density at radius 3 is 2.96 bits per heavy atom. The molecule has 25 heavy (non-hydrogen) atoms. The van der Waals surface area contributed by atoms with Gasteiger partial charge in [0.25, 0.3) is 0 Å². The minimum atomic E-state index is 0.210. The number of phenols is 1. The maximum Gasteiger partial charge on any atom is 0.115 e. The lowest BCUT2D eigenvalue weighted by molar-refractivity contribution is 0.0812. The van der Waals surface area contributed by atoms with Crippen molar-refractivity contribution in [3.8, 4) is 5.75 Å². The number of hydrogen-bond acceptors (Lipinski definition) is 3. The topological polar surface area (TPSA) is 52.5 Å². The largest absolute Gasteiger partial charge is 0.508 e. The molecule has 0 spiro atoms. The van der Waals surface area contributed by atoms with E-state index >= 15 is 0 Å². The Labute approximate surface area is 151 Å². The monoisotopic (exact) mass is 341 g/mol. The van der Waals surface area contributed by atoms with Crippen LogP contribution in [0.15, 0.2) is 29.8 Å². The van der Waals surface area contributed by atoms with Crippen molar-refractivity contribution in [3.05, 3.63) is 41.0 Å². The molecule has 4 rings (SSSR count). The van der Waals surface area contributed by atoms with Crippen LogP contribution in [0.25, 0.3) is 0 Å². The van der Waals surface area contributed by atoms with E-state index in [1.54, 1.807) is 5.57 Å². The van der Waals surface area contributed by atoms with Crippen LogP contribution in [0.5, 0.6) is 5.75 Å². The van der Waals surface area contributed by atoms with Crippen molar-refractivity contribution in [3.63, 3.8) is 0 Å². The van der Waals surface area contributed by atoms with Gasteiger partial charge in [-0.25, -0.2) is 0 Å². The summed E-state index contributed by atoms with van der Waals surface area (Å²) in [4.78, 5) is 0. The first-order valence-electron chi connectivity index (χ1n) is 9.96. The summed E-state index contributed by atoms with van der Waals surface area (Å²) in [6, 6.07) is 6.06. The fourth-order valence-corrected chi connectivity index (χ4v) is 6.13. The van der Waals surface area contributed by atoms with Crippen molar-refractivity contribution < 1.29 is 10.2 Å². The quantitative estimate of drug-likeness (QED) is 0.577. The van der Waals surface area contributed by atoms with Crippen molar-refractivity contribution in [2.24, 2.45) is 17.3 Å². The van der Waals surface area contributed by atoms with Gasteiger partial charge in [-0.2, -0.15) is 0 Å². The zero-order valence-corrected chi connectivity index (χ0v) is 15.3. The van der Waals surface area contributed by atoms with Gasteiger partial charge in [-0.3, -0.25) is 0 Å². The Morgan fingerprint density at radius 1 is 1.24 bits per heavy atom. The van der Waals surface area contributed by atoms with E-state index in [9.17, 15) is 5.11 Å². The molecule has 3 heteroatoms. The Kier molecular flexibility index (Phi) is 4.63. The van der Waals surface area contributed by atoms with E-state index in [2.05, 4.69) is 24.4 Å². The van der Waals surface area contributed by atoms with Crippen molar-refractivity contribution in [2.45, 2.75) is 51.4 Å². The van der Waals surface area contributed by atoms with Gasteiger partial charge in [-0.15, -0.1) is 0 Å². The van der Waals surface area contributed by atoms with Crippen LogP contribution in [-0.2, 0) is 6.42 Å². The maximum absolute atomic E-state index is 9.80. The van der Waals surface area contributed by atoms with Gasteiger partial charge in [-0.05, 0) is 85.0 Å². The van der Waals surface area contributed by atoms with Gasteiger partial charge in [0.1, 0.15) is 5.75 Å². The molecule has 3 nitrogen and oxygen atoms in total. The summed E-state index contributed by atoms with van der Waals surface area (Å²) in [6.07, 6.45) is 9.93. The minimum absolute atomic E-state index is 0.210. The van der Waals surface area contributed by atoms with Gasteiger partial charge in [0.05, 0.1) is 6.61 Å². The summed E-state index contributed by atoms with van der Waals surface area (Å²) < 4.78 is 0. The Bertz CT molecular complexity index is 668. The Morgan fingerprint density at radius 2 is 2.12 bits per heavy atom. The van der Waals surface area contributed by atoms with Crippen LogP contribution in [0.3, 0.4) is 0 Å². The number of aryl methyl sites for hydroxylation is 1. The van der Waals surface area contributed by atoms with Gasteiger partial charge in [0, 0.05) is 13.1 Å². The molecule has 0 bridgehead atoms. The van der Waals surface area contributed by atoms with E-state index in [4.69, 9.17) is 5.11 Å². The lowest BCUT2D eigenvalue weighted by Crippen LogP contribution is -2.40. The average molecular weight is 341 g/mol. The normalized spacial score (nSPS) is 35.3. The molecule has 4 atom stereocenters. The molecule has 0 radical (unpaired) electrons. The summed E-state index contributed by atoms with van der Waals surface area (Å²) in [7, 11) is 0. The van der Waals surface area contributed by atoms with Crippen molar-refractivity contribution in [1.29, 1.82) is 0 Å². The standard InChI is InChI=1S/C22H31NO2/c1-22-10-8-19-18-6-4-17(25)14-15(18)2-5-20(19)21(22)7-3-16(22)9-11-23-12-13-24/h4,6,9,14,19-21,23-25H,2-3,5,7-8,10-13H2,1H3/t19-,20-,21+,22-/m1/s1. The second-order valence-electron chi connectivity index (χ2n) is 8.45. The molecule has 1 aromatic carbocycles. The van der Waals surface area contributed by atoms with Crippen LogP contribution in [0.2, 0.25) is 0 Å². The van der Waals surface area contributed by atoms with Gasteiger partial charge < -0.3 is 15.5 Å². The van der Waals surface area contributed by atoms with Crippen molar-refractivity contribution in [2.75, 3.05) is 19.7 Å². The average Bonchev–Trinajstić information content (AvgIpc) is 2.95. The molecule has 1 aromatic rings. The highest BCUT2D eigenvalue weighted by Crippen LogP contribution is 2.62. The number of nitrogens with one attached hydrogen (secondary N) is 1. The van der Waals surface area contributed by atoms with E-state index in [0.717, 1.165) is 24.8 Å². The minimum Gasteiger partial charge on any atom is -0.508 e. The Balaban J connectivity index is 1.55. The molecule has 3 aliphatic carbocycles. The number of fused-ring (bicyclic) bond motifs is 5. The molecule has 0 aromatic heterocycles. The van der Waals surface area contributed by atoms with Gasteiger partial charge in [0.2, 0.25) is 0 Å². The summed E-state index contributed by atoms with van der Waals surface area (Å²) >= 11 is 0. The van der Waals surface area contributed by atoms with Crippen LogP contribution in [0.1, 0.15) is 56.1 Å². The maximum atomic E-state index is 9.80. The van der Waals surface area contributed by atoms with E-state index in [1.165, 1.54) is 43.2 Å². The molecule has 0 aliphatic heterocycles. The first kappa shape index (κ1) is 17.1. The number of hydrogen-bond donors (Lipinski definition) is 3.